The van der Waals surface area contributed by atoms with Gasteiger partial charge < -0.3 is 15.1 Å². The highest BCUT2D eigenvalue weighted by Crippen LogP contribution is 2.23. The average Bonchev–Trinajstić information content (AvgIpc) is 2.62. The SMILES string of the molecule is Cc1ccc(N2CCN(C(=O)Nc3ccc(F)c(F)c3F)CC2)c(C)c1. The molecule has 0 aromatic heterocycles. The van der Waals surface area contributed by atoms with E-state index in [0.717, 1.165) is 17.8 Å². The van der Waals surface area contributed by atoms with Crippen molar-refractivity contribution >= 4 is 17.4 Å². The average molecular weight is 363 g/mol. The Kier molecular flexibility index (Phi) is 5.06. The Labute approximate surface area is 150 Å². The van der Waals surface area contributed by atoms with Crippen molar-refractivity contribution in [2.45, 2.75) is 13.8 Å². The normalized spacial score (nSPS) is 14.5. The van der Waals surface area contributed by atoms with Gasteiger partial charge >= 0.3 is 6.03 Å². The number of nitrogens with zero attached hydrogens (tertiary/aromatic N) is 2. The summed E-state index contributed by atoms with van der Waals surface area (Å²) in [5.74, 6) is -4.28. The number of benzene rings is 2. The first kappa shape index (κ1) is 18.1. The number of anilines is 2. The van der Waals surface area contributed by atoms with Crippen LogP contribution in [-0.4, -0.2) is 37.1 Å². The predicted molar refractivity (Wildman–Crippen MR) is 95.0 cm³/mol. The van der Waals surface area contributed by atoms with Gasteiger partial charge in [-0.1, -0.05) is 17.7 Å². The van der Waals surface area contributed by atoms with Gasteiger partial charge in [-0.05, 0) is 37.6 Å². The van der Waals surface area contributed by atoms with Crippen LogP contribution in [0.1, 0.15) is 11.1 Å². The van der Waals surface area contributed by atoms with Crippen molar-refractivity contribution in [3.05, 3.63) is 58.9 Å². The van der Waals surface area contributed by atoms with Gasteiger partial charge in [0.1, 0.15) is 0 Å². The number of hydrogen-bond donors (Lipinski definition) is 1. The number of piperazine rings is 1. The maximum atomic E-state index is 13.7. The van der Waals surface area contributed by atoms with Crippen LogP contribution in [0, 0.1) is 31.3 Å². The third kappa shape index (κ3) is 3.61. The van der Waals surface area contributed by atoms with Crippen LogP contribution in [0.25, 0.3) is 0 Å². The van der Waals surface area contributed by atoms with Crippen LogP contribution in [0.3, 0.4) is 0 Å². The van der Waals surface area contributed by atoms with Crippen molar-refractivity contribution in [3.63, 3.8) is 0 Å². The molecule has 1 aliphatic heterocycles. The Morgan fingerprint density at radius 2 is 1.65 bits per heavy atom. The van der Waals surface area contributed by atoms with E-state index >= 15 is 0 Å². The van der Waals surface area contributed by atoms with Crippen LogP contribution in [0.15, 0.2) is 30.3 Å². The smallest absolute Gasteiger partial charge is 0.322 e. The molecule has 4 nitrogen and oxygen atoms in total. The van der Waals surface area contributed by atoms with E-state index in [1.807, 2.05) is 19.9 Å². The Morgan fingerprint density at radius 1 is 0.962 bits per heavy atom. The van der Waals surface area contributed by atoms with Crippen LogP contribution in [0.4, 0.5) is 29.3 Å². The fraction of sp³-hybridized carbons (Fsp3) is 0.316. The number of carbonyl (C=O) groups excluding carboxylic acids is 1. The molecular weight excluding hydrogens is 343 g/mol. The lowest BCUT2D eigenvalue weighted by molar-refractivity contribution is 0.208. The first-order valence-corrected chi connectivity index (χ1v) is 8.38. The summed E-state index contributed by atoms with van der Waals surface area (Å²) in [7, 11) is 0. The van der Waals surface area contributed by atoms with Gasteiger partial charge in [0.05, 0.1) is 5.69 Å². The number of halogens is 3. The molecule has 0 atom stereocenters. The van der Waals surface area contributed by atoms with Gasteiger partial charge in [0, 0.05) is 31.9 Å². The summed E-state index contributed by atoms with van der Waals surface area (Å²) in [6.45, 7) is 6.26. The minimum atomic E-state index is -1.59. The molecule has 0 radical (unpaired) electrons. The Hall–Kier alpha value is -2.70. The molecule has 1 saturated heterocycles. The first-order valence-electron chi connectivity index (χ1n) is 8.38. The summed E-state index contributed by atoms with van der Waals surface area (Å²) in [6.07, 6.45) is 0. The van der Waals surface area contributed by atoms with E-state index in [4.69, 9.17) is 0 Å². The zero-order chi connectivity index (χ0) is 18.8. The second-order valence-corrected chi connectivity index (χ2v) is 6.42. The van der Waals surface area contributed by atoms with Crippen LogP contribution in [0.5, 0.6) is 0 Å². The van der Waals surface area contributed by atoms with Gasteiger partial charge in [-0.25, -0.2) is 18.0 Å². The molecule has 2 amide bonds. The third-order valence-electron chi connectivity index (χ3n) is 4.54. The van der Waals surface area contributed by atoms with Gasteiger partial charge in [-0.15, -0.1) is 0 Å². The van der Waals surface area contributed by atoms with Gasteiger partial charge in [0.15, 0.2) is 17.5 Å². The highest BCUT2D eigenvalue weighted by atomic mass is 19.2. The van der Waals surface area contributed by atoms with Crippen LogP contribution >= 0.6 is 0 Å². The molecule has 138 valence electrons. The van der Waals surface area contributed by atoms with E-state index in [2.05, 4.69) is 22.3 Å². The zero-order valence-corrected chi connectivity index (χ0v) is 14.7. The largest absolute Gasteiger partial charge is 0.368 e. The number of urea groups is 1. The number of rotatable bonds is 2. The fourth-order valence-electron chi connectivity index (χ4n) is 3.13. The minimum Gasteiger partial charge on any atom is -0.368 e. The first-order chi connectivity index (χ1) is 12.4. The number of aryl methyl sites for hydroxylation is 2. The van der Waals surface area contributed by atoms with Gasteiger partial charge in [-0.3, -0.25) is 0 Å². The summed E-state index contributed by atoms with van der Waals surface area (Å²) in [4.78, 5) is 16.0. The van der Waals surface area contributed by atoms with E-state index in [9.17, 15) is 18.0 Å². The molecule has 1 N–H and O–H groups in total. The summed E-state index contributed by atoms with van der Waals surface area (Å²) in [5.41, 5.74) is 3.12. The lowest BCUT2D eigenvalue weighted by Gasteiger charge is -2.36. The molecule has 1 heterocycles. The second kappa shape index (κ2) is 7.27. The van der Waals surface area contributed by atoms with Gasteiger partial charge in [-0.2, -0.15) is 0 Å². The highest BCUT2D eigenvalue weighted by molar-refractivity contribution is 5.89. The molecule has 26 heavy (non-hydrogen) atoms. The molecule has 3 rings (SSSR count). The van der Waals surface area contributed by atoms with Crippen LogP contribution < -0.4 is 10.2 Å². The van der Waals surface area contributed by atoms with Crippen molar-refractivity contribution in [3.8, 4) is 0 Å². The van der Waals surface area contributed by atoms with Crippen molar-refractivity contribution < 1.29 is 18.0 Å². The minimum absolute atomic E-state index is 0.370. The summed E-state index contributed by atoms with van der Waals surface area (Å²) < 4.78 is 39.9. The zero-order valence-electron chi connectivity index (χ0n) is 14.7. The molecule has 0 bridgehead atoms. The second-order valence-electron chi connectivity index (χ2n) is 6.42. The summed E-state index contributed by atoms with van der Waals surface area (Å²) in [6, 6.07) is 7.49. The van der Waals surface area contributed by atoms with Crippen LogP contribution in [0.2, 0.25) is 0 Å². The maximum Gasteiger partial charge on any atom is 0.322 e. The lowest BCUT2D eigenvalue weighted by Crippen LogP contribution is -2.50. The maximum absolute atomic E-state index is 13.7. The van der Waals surface area contributed by atoms with Crippen molar-refractivity contribution in [1.82, 2.24) is 4.90 Å². The number of nitrogens with one attached hydrogen (secondary N) is 1. The molecule has 0 spiro atoms. The molecule has 2 aromatic carbocycles. The van der Waals surface area contributed by atoms with E-state index in [1.54, 1.807) is 0 Å². The molecule has 7 heteroatoms. The van der Waals surface area contributed by atoms with E-state index < -0.39 is 23.5 Å². The fourth-order valence-corrected chi connectivity index (χ4v) is 3.13. The molecule has 0 aliphatic carbocycles. The Morgan fingerprint density at radius 3 is 2.31 bits per heavy atom. The standard InChI is InChI=1S/C19H20F3N3O/c1-12-3-6-16(13(2)11-12)24-7-9-25(10-8-24)19(26)23-15-5-4-14(20)17(21)18(15)22/h3-6,11H,7-10H2,1-2H3,(H,23,26). The molecule has 2 aromatic rings. The number of carbonyl (C=O) groups is 1. The van der Waals surface area contributed by atoms with Gasteiger partial charge in [0.2, 0.25) is 0 Å². The monoisotopic (exact) mass is 363 g/mol. The highest BCUT2D eigenvalue weighted by Gasteiger charge is 2.23. The van der Waals surface area contributed by atoms with Crippen molar-refractivity contribution in [2.75, 3.05) is 36.4 Å². The molecule has 0 unspecified atom stereocenters. The molecule has 1 fully saturated rings. The van der Waals surface area contributed by atoms with Crippen LogP contribution in [-0.2, 0) is 0 Å². The van der Waals surface area contributed by atoms with E-state index in [0.29, 0.717) is 26.2 Å². The van der Waals surface area contributed by atoms with E-state index in [1.165, 1.54) is 16.0 Å². The number of hydrogen-bond acceptors (Lipinski definition) is 2. The number of amides is 2. The Balaban J connectivity index is 1.63. The van der Waals surface area contributed by atoms with Crippen molar-refractivity contribution in [2.24, 2.45) is 0 Å². The summed E-state index contributed by atoms with van der Waals surface area (Å²) >= 11 is 0. The van der Waals surface area contributed by atoms with Gasteiger partial charge in [0.25, 0.3) is 0 Å². The van der Waals surface area contributed by atoms with Crippen molar-refractivity contribution in [1.29, 1.82) is 0 Å². The topological polar surface area (TPSA) is 35.6 Å². The predicted octanol–water partition coefficient (Wildman–Crippen LogP) is 4.07. The lowest BCUT2D eigenvalue weighted by atomic mass is 10.1. The molecular formula is C19H20F3N3O. The molecule has 1 aliphatic rings. The third-order valence-corrected chi connectivity index (χ3v) is 4.54. The van der Waals surface area contributed by atoms with E-state index in [-0.39, 0.29) is 5.69 Å². The quantitative estimate of drug-likeness (QED) is 0.817. The Bertz CT molecular complexity index is 833. The molecule has 0 saturated carbocycles. The summed E-state index contributed by atoms with van der Waals surface area (Å²) in [5, 5.41) is 2.31.